The molecular formula is C18H20N4. The molecule has 0 fully saturated rings. The zero-order chi connectivity index (χ0) is 15.7. The Kier molecular flexibility index (Phi) is 3.77. The molecule has 22 heavy (non-hydrogen) atoms. The number of benzene rings is 2. The highest BCUT2D eigenvalue weighted by Crippen LogP contribution is 2.17. The van der Waals surface area contributed by atoms with Crippen LogP contribution in [0.2, 0.25) is 0 Å². The number of hydrazone groups is 1. The molecule has 0 spiro atoms. The van der Waals surface area contributed by atoms with E-state index in [1.807, 2.05) is 7.05 Å². The van der Waals surface area contributed by atoms with E-state index in [2.05, 4.69) is 72.5 Å². The Morgan fingerprint density at radius 2 is 1.27 bits per heavy atom. The van der Waals surface area contributed by atoms with Crippen LogP contribution in [0.1, 0.15) is 22.3 Å². The third-order valence-electron chi connectivity index (χ3n) is 3.78. The summed E-state index contributed by atoms with van der Waals surface area (Å²) in [6, 6.07) is 16.6. The number of hydrogen-bond donors (Lipinski definition) is 1. The molecular weight excluding hydrogens is 272 g/mol. The topological polar surface area (TPSA) is 54.0 Å². The van der Waals surface area contributed by atoms with Crippen LogP contribution in [0.5, 0.6) is 0 Å². The molecule has 0 saturated carbocycles. The smallest absolute Gasteiger partial charge is 0.189 e. The molecule has 1 aliphatic rings. The Labute approximate surface area is 131 Å². The molecule has 0 saturated heterocycles. The summed E-state index contributed by atoms with van der Waals surface area (Å²) in [5.74, 6) is 0. The lowest BCUT2D eigenvalue weighted by Gasteiger charge is -2.26. The second kappa shape index (κ2) is 5.73. The van der Waals surface area contributed by atoms with E-state index in [4.69, 9.17) is 5.73 Å². The van der Waals surface area contributed by atoms with E-state index in [1.165, 1.54) is 11.1 Å². The van der Waals surface area contributed by atoms with Gasteiger partial charge in [0.15, 0.2) is 6.29 Å². The third kappa shape index (κ3) is 2.78. The highest BCUT2D eigenvalue weighted by molar-refractivity contribution is 6.53. The van der Waals surface area contributed by atoms with Crippen LogP contribution in [-0.2, 0) is 0 Å². The summed E-state index contributed by atoms with van der Waals surface area (Å²) in [6.45, 7) is 4.14. The average Bonchev–Trinajstić information content (AvgIpc) is 2.51. The molecule has 1 atom stereocenters. The molecule has 4 nitrogen and oxygen atoms in total. The van der Waals surface area contributed by atoms with Crippen LogP contribution in [0.3, 0.4) is 0 Å². The van der Waals surface area contributed by atoms with Gasteiger partial charge in [-0.1, -0.05) is 59.7 Å². The highest BCUT2D eigenvalue weighted by atomic mass is 15.5. The standard InChI is InChI=1S/C18H20N4/c1-12-4-8-14(9-5-12)16-17(21-22(3)18(19)20-16)15-10-6-13(2)7-11-15/h4-11,18H,19H2,1-3H3. The van der Waals surface area contributed by atoms with Crippen molar-refractivity contribution in [2.45, 2.75) is 20.1 Å². The summed E-state index contributed by atoms with van der Waals surface area (Å²) in [5, 5.41) is 6.32. The fourth-order valence-electron chi connectivity index (χ4n) is 2.37. The highest BCUT2D eigenvalue weighted by Gasteiger charge is 2.22. The van der Waals surface area contributed by atoms with E-state index in [1.54, 1.807) is 5.01 Å². The van der Waals surface area contributed by atoms with E-state index in [-0.39, 0.29) is 0 Å². The minimum absolute atomic E-state index is 0.453. The second-order valence-electron chi connectivity index (χ2n) is 5.65. The number of aliphatic imine (C=N–C) groups is 1. The molecule has 0 bridgehead atoms. The first-order valence-electron chi connectivity index (χ1n) is 7.34. The number of hydrogen-bond acceptors (Lipinski definition) is 4. The number of aryl methyl sites for hydroxylation is 2. The lowest BCUT2D eigenvalue weighted by atomic mass is 9.98. The fraction of sp³-hybridized carbons (Fsp3) is 0.222. The first-order chi connectivity index (χ1) is 10.5. The third-order valence-corrected chi connectivity index (χ3v) is 3.78. The van der Waals surface area contributed by atoms with Gasteiger partial charge in [0, 0.05) is 18.2 Å². The molecule has 0 amide bonds. The second-order valence-corrected chi connectivity index (χ2v) is 5.65. The number of nitrogens with two attached hydrogens (primary N) is 1. The average molecular weight is 292 g/mol. The van der Waals surface area contributed by atoms with E-state index >= 15 is 0 Å². The van der Waals surface area contributed by atoms with Crippen LogP contribution in [0.25, 0.3) is 0 Å². The van der Waals surface area contributed by atoms with Crippen molar-refractivity contribution in [3.8, 4) is 0 Å². The minimum atomic E-state index is -0.453. The monoisotopic (exact) mass is 292 g/mol. The molecule has 2 aromatic carbocycles. The van der Waals surface area contributed by atoms with Crippen LogP contribution < -0.4 is 5.73 Å². The Balaban J connectivity index is 2.08. The van der Waals surface area contributed by atoms with Crippen molar-refractivity contribution in [2.75, 3.05) is 7.05 Å². The van der Waals surface area contributed by atoms with Crippen LogP contribution in [0, 0.1) is 13.8 Å². The van der Waals surface area contributed by atoms with Gasteiger partial charge in [0.25, 0.3) is 0 Å². The lowest BCUT2D eigenvalue weighted by Crippen LogP contribution is -2.41. The van der Waals surface area contributed by atoms with Crippen LogP contribution in [0.15, 0.2) is 58.6 Å². The van der Waals surface area contributed by atoms with Crippen molar-refractivity contribution in [1.29, 1.82) is 0 Å². The molecule has 1 aliphatic heterocycles. The molecule has 1 unspecified atom stereocenters. The van der Waals surface area contributed by atoms with Crippen LogP contribution in [0.4, 0.5) is 0 Å². The summed E-state index contributed by atoms with van der Waals surface area (Å²) in [7, 11) is 1.84. The maximum absolute atomic E-state index is 6.03. The van der Waals surface area contributed by atoms with Gasteiger partial charge in [-0.15, -0.1) is 0 Å². The summed E-state index contributed by atoms with van der Waals surface area (Å²) in [4.78, 5) is 4.63. The van der Waals surface area contributed by atoms with Gasteiger partial charge in [-0.2, -0.15) is 5.10 Å². The first-order valence-corrected chi connectivity index (χ1v) is 7.34. The predicted molar refractivity (Wildman–Crippen MR) is 91.2 cm³/mol. The van der Waals surface area contributed by atoms with E-state index < -0.39 is 6.29 Å². The van der Waals surface area contributed by atoms with Gasteiger partial charge < -0.3 is 0 Å². The van der Waals surface area contributed by atoms with Crippen molar-refractivity contribution < 1.29 is 0 Å². The summed E-state index contributed by atoms with van der Waals surface area (Å²) >= 11 is 0. The quantitative estimate of drug-likeness (QED) is 0.925. The van der Waals surface area contributed by atoms with Gasteiger partial charge in [0.1, 0.15) is 5.71 Å². The molecule has 0 aliphatic carbocycles. The largest absolute Gasteiger partial charge is 0.291 e. The SMILES string of the molecule is Cc1ccc(C2=NC(N)N(C)N=C2c2ccc(C)cc2)cc1. The molecule has 3 rings (SSSR count). The zero-order valence-corrected chi connectivity index (χ0v) is 13.1. The lowest BCUT2D eigenvalue weighted by molar-refractivity contribution is 0.264. The van der Waals surface area contributed by atoms with Crippen molar-refractivity contribution in [3.05, 3.63) is 70.8 Å². The van der Waals surface area contributed by atoms with Gasteiger partial charge in [-0.25, -0.2) is 4.99 Å². The molecule has 4 heteroatoms. The Morgan fingerprint density at radius 1 is 0.818 bits per heavy atom. The van der Waals surface area contributed by atoms with Gasteiger partial charge in [0.05, 0.1) is 5.71 Å². The van der Waals surface area contributed by atoms with Crippen molar-refractivity contribution in [3.63, 3.8) is 0 Å². The van der Waals surface area contributed by atoms with Gasteiger partial charge in [-0.3, -0.25) is 10.7 Å². The van der Waals surface area contributed by atoms with E-state index in [0.29, 0.717) is 0 Å². The van der Waals surface area contributed by atoms with Crippen molar-refractivity contribution >= 4 is 11.4 Å². The molecule has 1 heterocycles. The minimum Gasteiger partial charge on any atom is -0.291 e. The molecule has 0 radical (unpaired) electrons. The summed E-state index contributed by atoms with van der Waals surface area (Å²) in [5.41, 5.74) is 12.2. The first kappa shape index (κ1) is 14.5. The maximum Gasteiger partial charge on any atom is 0.189 e. The van der Waals surface area contributed by atoms with Crippen LogP contribution in [-0.4, -0.2) is 29.8 Å². The molecule has 2 N–H and O–H groups in total. The summed E-state index contributed by atoms with van der Waals surface area (Å²) in [6.07, 6.45) is -0.453. The van der Waals surface area contributed by atoms with E-state index in [9.17, 15) is 0 Å². The Hall–Kier alpha value is -2.46. The Morgan fingerprint density at radius 3 is 1.77 bits per heavy atom. The van der Waals surface area contributed by atoms with Crippen molar-refractivity contribution in [2.24, 2.45) is 15.8 Å². The van der Waals surface area contributed by atoms with E-state index in [0.717, 1.165) is 22.6 Å². The fourth-order valence-corrected chi connectivity index (χ4v) is 2.37. The summed E-state index contributed by atoms with van der Waals surface area (Å²) < 4.78 is 0. The van der Waals surface area contributed by atoms with Gasteiger partial charge in [0.2, 0.25) is 0 Å². The maximum atomic E-state index is 6.03. The van der Waals surface area contributed by atoms with Crippen LogP contribution >= 0.6 is 0 Å². The number of nitrogens with zero attached hydrogens (tertiary/aromatic N) is 3. The van der Waals surface area contributed by atoms with Gasteiger partial charge >= 0.3 is 0 Å². The normalized spacial score (nSPS) is 18.0. The zero-order valence-electron chi connectivity index (χ0n) is 13.1. The molecule has 0 aromatic heterocycles. The van der Waals surface area contributed by atoms with Crippen molar-refractivity contribution in [1.82, 2.24) is 5.01 Å². The predicted octanol–water partition coefficient (Wildman–Crippen LogP) is 2.68. The van der Waals surface area contributed by atoms with Gasteiger partial charge in [-0.05, 0) is 13.8 Å². The Bertz CT molecular complexity index is 661. The molecule has 112 valence electrons. The number of rotatable bonds is 2. The molecule has 2 aromatic rings.